The maximum absolute atomic E-state index is 11.2. The lowest BCUT2D eigenvalue weighted by Gasteiger charge is -2.09. The highest BCUT2D eigenvalue weighted by atomic mass is 32.2. The zero-order valence-corrected chi connectivity index (χ0v) is 16.9. The van der Waals surface area contributed by atoms with Crippen LogP contribution in [0.5, 0.6) is 11.5 Å². The average molecular weight is 391 g/mol. The fourth-order valence-electron chi connectivity index (χ4n) is 3.06. The second kappa shape index (κ2) is 11.1. The van der Waals surface area contributed by atoms with Crippen LogP contribution in [-0.4, -0.2) is 13.0 Å². The smallest absolute Gasteiger partial charge is 0.294 e. The quantitative estimate of drug-likeness (QED) is 0.336. The first kappa shape index (κ1) is 21.5. The monoisotopic (exact) mass is 390 g/mol. The Bertz CT molecular complexity index is 799. The van der Waals surface area contributed by atoms with E-state index in [1.54, 1.807) is 12.1 Å². The van der Waals surface area contributed by atoms with Crippen LogP contribution < -0.4 is 4.74 Å². The Labute approximate surface area is 163 Å². The third-order valence-corrected chi connectivity index (χ3v) is 5.41. The fourth-order valence-corrected chi connectivity index (χ4v) is 3.58. The van der Waals surface area contributed by atoms with E-state index >= 15 is 0 Å². The minimum atomic E-state index is -4.23. The number of rotatable bonds is 12. The minimum absolute atomic E-state index is 0.171. The Morgan fingerprint density at radius 1 is 0.815 bits per heavy atom. The van der Waals surface area contributed by atoms with Gasteiger partial charge in [0.15, 0.2) is 0 Å². The summed E-state index contributed by atoms with van der Waals surface area (Å²) in [5.74, 6) is 1.05. The zero-order chi connectivity index (χ0) is 19.5. The van der Waals surface area contributed by atoms with Crippen LogP contribution in [0.25, 0.3) is 0 Å². The Morgan fingerprint density at radius 3 is 2.07 bits per heavy atom. The van der Waals surface area contributed by atoms with E-state index in [-0.39, 0.29) is 4.90 Å². The largest absolute Gasteiger partial charge is 0.457 e. The molecule has 0 saturated heterocycles. The highest BCUT2D eigenvalue weighted by Gasteiger charge is 2.10. The molecule has 0 aromatic heterocycles. The van der Waals surface area contributed by atoms with Gasteiger partial charge in [-0.05, 0) is 42.7 Å². The molecule has 4 nitrogen and oxygen atoms in total. The van der Waals surface area contributed by atoms with E-state index in [9.17, 15) is 8.42 Å². The second-order valence-corrected chi connectivity index (χ2v) is 8.35. The molecular weight excluding hydrogens is 360 g/mol. The summed E-state index contributed by atoms with van der Waals surface area (Å²) in [5, 5.41) is 0. The maximum Gasteiger partial charge on any atom is 0.294 e. The Hall–Kier alpha value is -1.85. The summed E-state index contributed by atoms with van der Waals surface area (Å²) in [6.07, 6.45) is 11.4. The van der Waals surface area contributed by atoms with Crippen molar-refractivity contribution in [3.05, 3.63) is 54.1 Å². The molecule has 1 N–H and O–H groups in total. The van der Waals surface area contributed by atoms with Gasteiger partial charge in [0.2, 0.25) is 0 Å². The number of aryl methyl sites for hydroxylation is 1. The summed E-state index contributed by atoms with van der Waals surface area (Å²) < 4.78 is 37.4. The van der Waals surface area contributed by atoms with Gasteiger partial charge in [-0.25, -0.2) is 0 Å². The van der Waals surface area contributed by atoms with Crippen molar-refractivity contribution in [2.45, 2.75) is 69.6 Å². The molecule has 0 amide bonds. The summed E-state index contributed by atoms with van der Waals surface area (Å²) in [6.45, 7) is 2.24. The Balaban J connectivity index is 1.82. The SMILES string of the molecule is CCCCCCCCCCc1cccc(Oc2cccc(S(=O)(=O)O)c2)c1. The van der Waals surface area contributed by atoms with E-state index < -0.39 is 10.1 Å². The molecule has 0 saturated carbocycles. The third-order valence-electron chi connectivity index (χ3n) is 4.56. The number of hydrogen-bond acceptors (Lipinski definition) is 3. The van der Waals surface area contributed by atoms with Crippen LogP contribution in [0.1, 0.15) is 63.9 Å². The van der Waals surface area contributed by atoms with E-state index in [0.717, 1.165) is 12.8 Å². The van der Waals surface area contributed by atoms with Gasteiger partial charge in [-0.2, -0.15) is 8.42 Å². The molecule has 0 atom stereocenters. The van der Waals surface area contributed by atoms with Crippen LogP contribution in [0.15, 0.2) is 53.4 Å². The summed E-state index contributed by atoms with van der Waals surface area (Å²) in [7, 11) is -4.23. The van der Waals surface area contributed by atoms with Gasteiger partial charge in [-0.3, -0.25) is 4.55 Å². The molecule has 0 heterocycles. The average Bonchev–Trinajstić information content (AvgIpc) is 2.64. The van der Waals surface area contributed by atoms with Gasteiger partial charge in [-0.15, -0.1) is 0 Å². The molecule has 0 aliphatic carbocycles. The minimum Gasteiger partial charge on any atom is -0.457 e. The van der Waals surface area contributed by atoms with Crippen molar-refractivity contribution < 1.29 is 17.7 Å². The number of unbranched alkanes of at least 4 members (excludes halogenated alkanes) is 7. The van der Waals surface area contributed by atoms with Crippen LogP contribution in [0.3, 0.4) is 0 Å². The van der Waals surface area contributed by atoms with Crippen molar-refractivity contribution in [2.75, 3.05) is 0 Å². The van der Waals surface area contributed by atoms with E-state index in [0.29, 0.717) is 11.5 Å². The first-order valence-corrected chi connectivity index (χ1v) is 11.3. The van der Waals surface area contributed by atoms with Crippen molar-refractivity contribution in [3.8, 4) is 11.5 Å². The summed E-state index contributed by atoms with van der Waals surface area (Å²) >= 11 is 0. The van der Waals surface area contributed by atoms with Gasteiger partial charge in [0.05, 0.1) is 4.90 Å². The molecule has 0 bridgehead atoms. The number of hydrogen-bond donors (Lipinski definition) is 1. The van der Waals surface area contributed by atoms with E-state index in [4.69, 9.17) is 9.29 Å². The van der Waals surface area contributed by atoms with Gasteiger partial charge in [0.1, 0.15) is 11.5 Å². The maximum atomic E-state index is 11.2. The van der Waals surface area contributed by atoms with Crippen LogP contribution in [0.2, 0.25) is 0 Å². The third kappa shape index (κ3) is 8.14. The van der Waals surface area contributed by atoms with Crippen molar-refractivity contribution >= 4 is 10.1 Å². The summed E-state index contributed by atoms with van der Waals surface area (Å²) in [4.78, 5) is -0.171. The van der Waals surface area contributed by atoms with Crippen molar-refractivity contribution in [1.82, 2.24) is 0 Å². The normalized spacial score (nSPS) is 11.5. The van der Waals surface area contributed by atoms with E-state index in [2.05, 4.69) is 13.0 Å². The summed E-state index contributed by atoms with van der Waals surface area (Å²) in [5.41, 5.74) is 1.21. The predicted molar refractivity (Wildman–Crippen MR) is 109 cm³/mol. The van der Waals surface area contributed by atoms with Gasteiger partial charge in [-0.1, -0.05) is 70.1 Å². The first-order chi connectivity index (χ1) is 13.0. The first-order valence-electron chi connectivity index (χ1n) is 9.83. The molecule has 5 heteroatoms. The van der Waals surface area contributed by atoms with Gasteiger partial charge < -0.3 is 4.74 Å². The highest BCUT2D eigenvalue weighted by molar-refractivity contribution is 7.85. The Kier molecular flexibility index (Phi) is 8.82. The number of benzene rings is 2. The van der Waals surface area contributed by atoms with E-state index in [1.807, 2.05) is 18.2 Å². The number of ether oxygens (including phenoxy) is 1. The Morgan fingerprint density at radius 2 is 1.41 bits per heavy atom. The van der Waals surface area contributed by atoms with Crippen molar-refractivity contribution in [2.24, 2.45) is 0 Å². The van der Waals surface area contributed by atoms with Crippen molar-refractivity contribution in [3.63, 3.8) is 0 Å². The predicted octanol–water partition coefficient (Wildman–Crippen LogP) is 6.41. The van der Waals surface area contributed by atoms with Gasteiger partial charge in [0, 0.05) is 6.07 Å². The molecule has 0 aliphatic rings. The molecule has 2 rings (SSSR count). The summed E-state index contributed by atoms with van der Waals surface area (Å²) in [6, 6.07) is 13.7. The molecule has 2 aromatic carbocycles. The lowest BCUT2D eigenvalue weighted by molar-refractivity contribution is 0.471. The molecule has 0 fully saturated rings. The van der Waals surface area contributed by atoms with Crippen molar-refractivity contribution in [1.29, 1.82) is 0 Å². The zero-order valence-electron chi connectivity index (χ0n) is 16.1. The van der Waals surface area contributed by atoms with Gasteiger partial charge in [0.25, 0.3) is 10.1 Å². The lowest BCUT2D eigenvalue weighted by Crippen LogP contribution is -1.98. The molecule has 148 valence electrons. The highest BCUT2D eigenvalue weighted by Crippen LogP contribution is 2.25. The molecule has 0 radical (unpaired) electrons. The molecule has 0 unspecified atom stereocenters. The van der Waals surface area contributed by atoms with Crippen LogP contribution >= 0.6 is 0 Å². The van der Waals surface area contributed by atoms with Crippen LogP contribution in [-0.2, 0) is 16.5 Å². The second-order valence-electron chi connectivity index (χ2n) is 6.92. The standard InChI is InChI=1S/C22H30O4S/c1-2-3-4-5-6-7-8-9-12-19-13-10-14-20(17-19)26-21-15-11-16-22(18-21)27(23,24)25/h10-11,13-18H,2-9,12H2,1H3,(H,23,24,25). The lowest BCUT2D eigenvalue weighted by atomic mass is 10.0. The molecule has 27 heavy (non-hydrogen) atoms. The molecule has 2 aromatic rings. The van der Waals surface area contributed by atoms with E-state index in [1.165, 1.54) is 62.6 Å². The topological polar surface area (TPSA) is 63.6 Å². The molecular formula is C22H30O4S. The fraction of sp³-hybridized carbons (Fsp3) is 0.455. The molecule has 0 spiro atoms. The van der Waals surface area contributed by atoms with Crippen LogP contribution in [0.4, 0.5) is 0 Å². The van der Waals surface area contributed by atoms with Gasteiger partial charge >= 0.3 is 0 Å². The molecule has 0 aliphatic heterocycles. The van der Waals surface area contributed by atoms with Crippen LogP contribution in [0, 0.1) is 0 Å².